The second kappa shape index (κ2) is 14.7. The summed E-state index contributed by atoms with van der Waals surface area (Å²) in [4.78, 5) is 25.6. The predicted octanol–water partition coefficient (Wildman–Crippen LogP) is -0.936. The van der Waals surface area contributed by atoms with Gasteiger partial charge in [-0.15, -0.1) is 0 Å². The minimum Gasteiger partial charge on any atom is -0.479 e. The Bertz CT molecular complexity index is 1350. The van der Waals surface area contributed by atoms with E-state index in [1.54, 1.807) is 0 Å². The fraction of sp³-hybridized carbons (Fsp3) is 0.889. The highest BCUT2D eigenvalue weighted by atomic mass is 16.8. The molecule has 296 valence electrons. The summed E-state index contributed by atoms with van der Waals surface area (Å²) < 4.78 is 29.9. The first-order valence-electron chi connectivity index (χ1n) is 18.6. The van der Waals surface area contributed by atoms with Crippen molar-refractivity contribution in [1.82, 2.24) is 0 Å². The number of aliphatic hydroxyl groups is 7. The number of carbonyl (C=O) groups is 2. The fourth-order valence-electron chi connectivity index (χ4n) is 11.3. The maximum absolute atomic E-state index is 13.8. The summed E-state index contributed by atoms with van der Waals surface area (Å²) >= 11 is 0. The predicted molar refractivity (Wildman–Crippen MR) is 178 cm³/mol. The van der Waals surface area contributed by atoms with Gasteiger partial charge in [-0.25, -0.2) is 4.79 Å². The van der Waals surface area contributed by atoms with E-state index in [-0.39, 0.29) is 35.6 Å². The Balaban J connectivity index is 1.24. The molecule has 17 atom stereocenters. The Morgan fingerprint density at radius 1 is 0.885 bits per heavy atom. The smallest absolute Gasteiger partial charge is 0.345 e. The van der Waals surface area contributed by atoms with Gasteiger partial charge in [-0.1, -0.05) is 19.9 Å². The highest BCUT2D eigenvalue weighted by molar-refractivity contribution is 5.82. The number of aliphatic carboxylic acids is 1. The lowest BCUT2D eigenvalue weighted by atomic mass is 9.41. The van der Waals surface area contributed by atoms with E-state index in [0.29, 0.717) is 38.5 Å². The molecule has 0 aromatic heterocycles. The van der Waals surface area contributed by atoms with Crippen LogP contribution in [0.4, 0.5) is 0 Å². The third-order valence-electron chi connectivity index (χ3n) is 13.9. The SMILES string of the molecule is C=C1C[C@@]23CC[C@H]4[C@@](C)(CCC[C@@]4(C)C(=O)OC(CCN)C(=O)O)[C@@H]2CC[C@]1(O[C@@H]1O[C@@H](CO)[C@@H](O)[C@H](O)[C@@H]1O[C@@H]1O[C@@H](CO)[C@@H](O)[C@H](O)[C@@H]1O)C3. The van der Waals surface area contributed by atoms with Crippen LogP contribution in [0.3, 0.4) is 0 Å². The van der Waals surface area contributed by atoms with Gasteiger partial charge in [-0.05, 0) is 93.1 Å². The molecule has 6 aliphatic rings. The Kier molecular flexibility index (Phi) is 11.3. The van der Waals surface area contributed by atoms with Crippen LogP contribution < -0.4 is 5.73 Å². The lowest BCUT2D eigenvalue weighted by molar-refractivity contribution is -0.378. The number of rotatable bonds is 11. The van der Waals surface area contributed by atoms with E-state index in [1.165, 1.54) is 0 Å². The molecule has 4 aliphatic carbocycles. The van der Waals surface area contributed by atoms with Crippen molar-refractivity contribution >= 4 is 11.9 Å². The number of esters is 1. The number of carboxylic acid groups (broad SMARTS) is 1. The quantitative estimate of drug-likeness (QED) is 0.0702. The number of nitrogens with two attached hydrogens (primary N) is 1. The van der Waals surface area contributed by atoms with Crippen LogP contribution in [0.5, 0.6) is 0 Å². The first-order valence-corrected chi connectivity index (χ1v) is 18.6. The number of ether oxygens (including phenoxy) is 5. The van der Waals surface area contributed by atoms with E-state index in [0.717, 1.165) is 24.8 Å². The van der Waals surface area contributed by atoms with Crippen molar-refractivity contribution in [1.29, 1.82) is 0 Å². The highest BCUT2D eigenvalue weighted by Crippen LogP contribution is 2.73. The molecule has 6 fully saturated rings. The summed E-state index contributed by atoms with van der Waals surface area (Å²) in [5.74, 6) is -1.59. The van der Waals surface area contributed by atoms with Crippen LogP contribution in [0.1, 0.15) is 78.1 Å². The van der Waals surface area contributed by atoms with Crippen LogP contribution in [0, 0.1) is 28.1 Å². The monoisotopic (exact) mass is 743 g/mol. The normalized spacial score (nSPS) is 49.5. The van der Waals surface area contributed by atoms with Crippen molar-refractivity contribution in [3.05, 3.63) is 12.2 Å². The molecular weight excluding hydrogens is 686 g/mol. The second-order valence-electron chi connectivity index (χ2n) is 16.7. The molecule has 1 unspecified atom stereocenters. The molecule has 2 aliphatic heterocycles. The molecule has 4 saturated carbocycles. The molecule has 6 rings (SSSR count). The first kappa shape index (κ1) is 39.9. The topological polar surface area (TPSA) is 268 Å². The summed E-state index contributed by atoms with van der Waals surface area (Å²) in [5, 5.41) is 82.7. The lowest BCUT2D eigenvalue weighted by Crippen LogP contribution is -2.65. The molecule has 52 heavy (non-hydrogen) atoms. The molecule has 2 bridgehead atoms. The molecule has 2 heterocycles. The maximum Gasteiger partial charge on any atom is 0.345 e. The summed E-state index contributed by atoms with van der Waals surface area (Å²) in [5.41, 5.74) is 4.08. The van der Waals surface area contributed by atoms with E-state index >= 15 is 0 Å². The summed E-state index contributed by atoms with van der Waals surface area (Å²) in [6.07, 6.45) is -10.7. The number of fused-ring (bicyclic) bond motifs is 3. The molecule has 0 aromatic carbocycles. The van der Waals surface area contributed by atoms with Crippen LogP contribution in [0.2, 0.25) is 0 Å². The zero-order valence-corrected chi connectivity index (χ0v) is 29.9. The van der Waals surface area contributed by atoms with Gasteiger partial charge < -0.3 is 70.3 Å². The molecular formula is C36H57NO15. The van der Waals surface area contributed by atoms with Gasteiger partial charge in [0.1, 0.15) is 48.8 Å². The Morgan fingerprint density at radius 2 is 1.52 bits per heavy atom. The van der Waals surface area contributed by atoms with Crippen molar-refractivity contribution < 1.29 is 74.1 Å². The summed E-state index contributed by atoms with van der Waals surface area (Å²) in [6, 6.07) is 0. The number of hydrogen-bond donors (Lipinski definition) is 9. The largest absolute Gasteiger partial charge is 0.479 e. The minimum atomic E-state index is -1.79. The van der Waals surface area contributed by atoms with Gasteiger partial charge in [0.05, 0.1) is 24.2 Å². The Hall–Kier alpha value is -1.80. The van der Waals surface area contributed by atoms with Gasteiger partial charge in [0.2, 0.25) is 0 Å². The van der Waals surface area contributed by atoms with E-state index in [9.17, 15) is 50.4 Å². The van der Waals surface area contributed by atoms with Crippen molar-refractivity contribution in [3.63, 3.8) is 0 Å². The number of hydrogen-bond acceptors (Lipinski definition) is 15. The summed E-state index contributed by atoms with van der Waals surface area (Å²) in [6.45, 7) is 7.34. The van der Waals surface area contributed by atoms with E-state index in [2.05, 4.69) is 13.5 Å². The first-order chi connectivity index (χ1) is 24.5. The second-order valence-corrected chi connectivity index (χ2v) is 16.7. The van der Waals surface area contributed by atoms with Crippen molar-refractivity contribution in [2.45, 2.75) is 151 Å². The number of aliphatic hydroxyl groups excluding tert-OH is 7. The lowest BCUT2D eigenvalue weighted by Gasteiger charge is -2.64. The molecule has 0 aromatic rings. The van der Waals surface area contributed by atoms with Crippen LogP contribution in [0.15, 0.2) is 12.2 Å². The zero-order chi connectivity index (χ0) is 38.0. The van der Waals surface area contributed by atoms with Crippen molar-refractivity contribution in [3.8, 4) is 0 Å². The molecule has 16 nitrogen and oxygen atoms in total. The van der Waals surface area contributed by atoms with E-state index in [1.807, 2.05) is 6.92 Å². The van der Waals surface area contributed by atoms with E-state index in [4.69, 9.17) is 29.4 Å². The van der Waals surface area contributed by atoms with Gasteiger partial charge in [-0.3, -0.25) is 4.79 Å². The van der Waals surface area contributed by atoms with Crippen LogP contribution in [0.25, 0.3) is 0 Å². The molecule has 0 amide bonds. The fourth-order valence-corrected chi connectivity index (χ4v) is 11.3. The van der Waals surface area contributed by atoms with Crippen LogP contribution in [-0.2, 0) is 33.3 Å². The Morgan fingerprint density at radius 3 is 2.15 bits per heavy atom. The van der Waals surface area contributed by atoms with Gasteiger partial charge in [0.15, 0.2) is 18.7 Å². The van der Waals surface area contributed by atoms with Gasteiger partial charge in [0, 0.05) is 6.42 Å². The van der Waals surface area contributed by atoms with Crippen LogP contribution >= 0.6 is 0 Å². The van der Waals surface area contributed by atoms with E-state index < -0.39 is 104 Å². The van der Waals surface area contributed by atoms with Crippen LogP contribution in [-0.4, -0.2) is 146 Å². The average Bonchev–Trinajstić information content (AvgIpc) is 3.30. The average molecular weight is 744 g/mol. The maximum atomic E-state index is 13.8. The number of carbonyl (C=O) groups excluding carboxylic acids is 1. The third-order valence-corrected chi connectivity index (χ3v) is 13.9. The summed E-state index contributed by atoms with van der Waals surface area (Å²) in [7, 11) is 0. The molecule has 0 radical (unpaired) electrons. The molecule has 2 saturated heterocycles. The molecule has 10 N–H and O–H groups in total. The van der Waals surface area contributed by atoms with Gasteiger partial charge >= 0.3 is 11.9 Å². The molecule has 16 heteroatoms. The number of carboxylic acids is 1. The highest BCUT2D eigenvalue weighted by Gasteiger charge is 2.69. The van der Waals surface area contributed by atoms with Gasteiger partial charge in [-0.2, -0.15) is 0 Å². The minimum absolute atomic E-state index is 0.0309. The van der Waals surface area contributed by atoms with Crippen molar-refractivity contribution in [2.24, 2.45) is 33.8 Å². The molecule has 1 spiro atoms. The zero-order valence-electron chi connectivity index (χ0n) is 29.9. The van der Waals surface area contributed by atoms with Gasteiger partial charge in [0.25, 0.3) is 0 Å². The third kappa shape index (κ3) is 6.43. The standard InChI is InChI=1S/C36H57NO15/c1-17-13-35-10-5-21-33(2,8-4-9-34(21,3)32(47)50-18(7-12-37)29(45)46)22(35)6-11-36(17,16-35)52-31-28(26(43)24(41)20(15-39)49-31)51-30-27(44)25(42)23(40)19(14-38)48-30/h18-28,30-31,38-44H,1,4-16,37H2,2-3H3,(H,45,46)/t18?,19-,20-,21-,22-,23+,24+,25-,26-,27-,28-,30-,31-,33+,34+,35+,36-/m0/s1. The Labute approximate surface area is 302 Å². The van der Waals surface area contributed by atoms with Crippen molar-refractivity contribution in [2.75, 3.05) is 19.8 Å².